The zero-order valence-electron chi connectivity index (χ0n) is 11.4. The van der Waals surface area contributed by atoms with Crippen molar-refractivity contribution in [3.8, 4) is 0 Å². The molecule has 7 nitrogen and oxygen atoms in total. The summed E-state index contributed by atoms with van der Waals surface area (Å²) < 4.78 is 0. The van der Waals surface area contributed by atoms with Crippen molar-refractivity contribution in [3.05, 3.63) is 39.4 Å². The third-order valence-electron chi connectivity index (χ3n) is 2.82. The second-order valence-corrected chi connectivity index (χ2v) is 4.64. The maximum absolute atomic E-state index is 10.8. The number of nitro benzene ring substituents is 1. The van der Waals surface area contributed by atoms with Crippen molar-refractivity contribution in [2.24, 2.45) is 0 Å². The van der Waals surface area contributed by atoms with Crippen LogP contribution in [0, 0.1) is 17.0 Å². The largest absolute Gasteiger partial charge is 0.390 e. The molecule has 0 spiro atoms. The van der Waals surface area contributed by atoms with Crippen molar-refractivity contribution < 1.29 is 19.9 Å². The first-order valence-corrected chi connectivity index (χ1v) is 6.18. The minimum absolute atomic E-state index is 0.131. The molecule has 0 aromatic heterocycles. The van der Waals surface area contributed by atoms with E-state index in [1.165, 1.54) is 19.1 Å². The molecule has 1 rings (SSSR count). The summed E-state index contributed by atoms with van der Waals surface area (Å²) in [6.45, 7) is 3.25. The molecule has 0 heterocycles. The lowest BCUT2D eigenvalue weighted by molar-refractivity contribution is -0.385. The van der Waals surface area contributed by atoms with Gasteiger partial charge in [-0.2, -0.15) is 0 Å². The van der Waals surface area contributed by atoms with Gasteiger partial charge in [-0.15, -0.1) is 0 Å². The van der Waals surface area contributed by atoms with Gasteiger partial charge < -0.3 is 15.5 Å². The van der Waals surface area contributed by atoms with E-state index in [0.717, 1.165) is 0 Å². The molecule has 0 saturated heterocycles. The number of non-ortho nitro benzene ring substituents is 1. The third kappa shape index (κ3) is 4.60. The van der Waals surface area contributed by atoms with E-state index in [1.807, 2.05) is 0 Å². The lowest BCUT2D eigenvalue weighted by atomic mass is 9.99. The number of carbonyl (C=O) groups excluding carboxylic acids is 1. The normalized spacial score (nSPS) is 13.6. The highest BCUT2D eigenvalue weighted by atomic mass is 16.6. The van der Waals surface area contributed by atoms with E-state index in [4.69, 9.17) is 0 Å². The number of carbonyl (C=O) groups is 1. The fraction of sp³-hybridized carbons (Fsp3) is 0.462. The molecule has 1 amide bonds. The summed E-state index contributed by atoms with van der Waals surface area (Å²) in [5.41, 5.74) is 0.780. The number of nitrogens with zero attached hydrogens (tertiary/aromatic N) is 1. The van der Waals surface area contributed by atoms with Crippen LogP contribution in [0.4, 0.5) is 5.69 Å². The minimum atomic E-state index is -1.23. The number of amides is 1. The molecule has 0 fully saturated rings. The van der Waals surface area contributed by atoms with Crippen molar-refractivity contribution in [2.75, 3.05) is 6.54 Å². The fourth-order valence-electron chi connectivity index (χ4n) is 1.84. The Hall–Kier alpha value is -1.99. The van der Waals surface area contributed by atoms with Crippen LogP contribution in [0.2, 0.25) is 0 Å². The van der Waals surface area contributed by atoms with E-state index in [-0.39, 0.29) is 30.1 Å². The van der Waals surface area contributed by atoms with Gasteiger partial charge in [0.15, 0.2) is 0 Å². The molecule has 110 valence electrons. The Morgan fingerprint density at radius 1 is 1.40 bits per heavy atom. The van der Waals surface area contributed by atoms with E-state index >= 15 is 0 Å². The number of aryl methyl sites for hydroxylation is 1. The second-order valence-electron chi connectivity index (χ2n) is 4.64. The van der Waals surface area contributed by atoms with Crippen LogP contribution in [0.15, 0.2) is 18.2 Å². The number of aliphatic hydroxyl groups excluding tert-OH is 2. The lowest BCUT2D eigenvalue weighted by Gasteiger charge is -2.18. The number of hydrogen-bond acceptors (Lipinski definition) is 5. The zero-order valence-corrected chi connectivity index (χ0v) is 11.4. The maximum Gasteiger partial charge on any atom is 0.270 e. The summed E-state index contributed by atoms with van der Waals surface area (Å²) in [7, 11) is 0. The van der Waals surface area contributed by atoms with Crippen LogP contribution < -0.4 is 5.32 Å². The molecular formula is C13H18N2O5. The first-order chi connectivity index (χ1) is 9.31. The zero-order chi connectivity index (χ0) is 15.3. The predicted octanol–water partition coefficient (Wildman–Crippen LogP) is 0.824. The molecular weight excluding hydrogens is 264 g/mol. The molecule has 2 unspecified atom stereocenters. The Bertz CT molecular complexity index is 504. The molecule has 0 radical (unpaired) electrons. The van der Waals surface area contributed by atoms with Gasteiger partial charge in [0, 0.05) is 25.6 Å². The van der Waals surface area contributed by atoms with Gasteiger partial charge in [-0.25, -0.2) is 0 Å². The van der Waals surface area contributed by atoms with Crippen LogP contribution in [0.1, 0.15) is 30.6 Å². The number of rotatable bonds is 6. The smallest absolute Gasteiger partial charge is 0.270 e. The Morgan fingerprint density at radius 3 is 2.60 bits per heavy atom. The fourth-order valence-corrected chi connectivity index (χ4v) is 1.84. The van der Waals surface area contributed by atoms with E-state index < -0.39 is 17.1 Å². The summed E-state index contributed by atoms with van der Waals surface area (Å²) in [4.78, 5) is 20.9. The number of aliphatic hydroxyl groups is 2. The van der Waals surface area contributed by atoms with Crippen LogP contribution in [0.3, 0.4) is 0 Å². The predicted molar refractivity (Wildman–Crippen MR) is 72.1 cm³/mol. The van der Waals surface area contributed by atoms with Crippen molar-refractivity contribution in [1.82, 2.24) is 5.32 Å². The highest BCUT2D eigenvalue weighted by Crippen LogP contribution is 2.24. The molecule has 1 aromatic carbocycles. The Kier molecular flexibility index (Phi) is 5.60. The monoisotopic (exact) mass is 282 g/mol. The lowest BCUT2D eigenvalue weighted by Crippen LogP contribution is -2.27. The molecule has 0 aliphatic rings. The highest BCUT2D eigenvalue weighted by molar-refractivity contribution is 5.72. The molecule has 1 aromatic rings. The average Bonchev–Trinajstić information content (AvgIpc) is 2.36. The summed E-state index contributed by atoms with van der Waals surface area (Å²) >= 11 is 0. The van der Waals surface area contributed by atoms with Crippen molar-refractivity contribution in [2.45, 2.75) is 32.5 Å². The SMILES string of the molecule is CC(=O)NCCC(O)C(O)c1cc(C)cc([N+](=O)[O-])c1. The minimum Gasteiger partial charge on any atom is -0.390 e. The van der Waals surface area contributed by atoms with Crippen LogP contribution >= 0.6 is 0 Å². The van der Waals surface area contributed by atoms with Crippen molar-refractivity contribution >= 4 is 11.6 Å². The quantitative estimate of drug-likeness (QED) is 0.528. The topological polar surface area (TPSA) is 113 Å². The maximum atomic E-state index is 10.8. The molecule has 0 aliphatic carbocycles. The van der Waals surface area contributed by atoms with E-state index in [0.29, 0.717) is 5.56 Å². The van der Waals surface area contributed by atoms with Crippen LogP contribution in [-0.4, -0.2) is 33.7 Å². The van der Waals surface area contributed by atoms with Crippen LogP contribution in [-0.2, 0) is 4.79 Å². The Labute approximate surface area is 116 Å². The Balaban J connectivity index is 2.77. The molecule has 7 heteroatoms. The van der Waals surface area contributed by atoms with Gasteiger partial charge in [0.05, 0.1) is 11.0 Å². The van der Waals surface area contributed by atoms with E-state index in [1.54, 1.807) is 13.0 Å². The van der Waals surface area contributed by atoms with Gasteiger partial charge in [0.25, 0.3) is 5.69 Å². The molecule has 2 atom stereocenters. The standard InChI is InChI=1S/C13H18N2O5/c1-8-5-10(7-11(6-8)15(19)20)13(18)12(17)3-4-14-9(2)16/h5-7,12-13,17-18H,3-4H2,1-2H3,(H,14,16). The molecule has 0 saturated carbocycles. The summed E-state index contributed by atoms with van der Waals surface area (Å²) in [5, 5.41) is 33.1. The number of benzene rings is 1. The average molecular weight is 282 g/mol. The van der Waals surface area contributed by atoms with Gasteiger partial charge in [-0.3, -0.25) is 14.9 Å². The molecule has 3 N–H and O–H groups in total. The van der Waals surface area contributed by atoms with Gasteiger partial charge in [-0.1, -0.05) is 6.07 Å². The number of nitrogens with one attached hydrogen (secondary N) is 1. The summed E-state index contributed by atoms with van der Waals surface area (Å²) in [6, 6.07) is 4.21. The van der Waals surface area contributed by atoms with Gasteiger partial charge in [-0.05, 0) is 24.5 Å². The van der Waals surface area contributed by atoms with E-state index in [9.17, 15) is 25.1 Å². The summed E-state index contributed by atoms with van der Waals surface area (Å²) in [6.07, 6.45) is -2.19. The van der Waals surface area contributed by atoms with E-state index in [2.05, 4.69) is 5.32 Å². The van der Waals surface area contributed by atoms with Crippen molar-refractivity contribution in [3.63, 3.8) is 0 Å². The van der Waals surface area contributed by atoms with Gasteiger partial charge in [0.1, 0.15) is 6.10 Å². The molecule has 0 bridgehead atoms. The first kappa shape index (κ1) is 16.1. The summed E-state index contributed by atoms with van der Waals surface area (Å²) in [5.74, 6) is -0.224. The Morgan fingerprint density at radius 2 is 2.05 bits per heavy atom. The number of hydrogen-bond donors (Lipinski definition) is 3. The van der Waals surface area contributed by atoms with Crippen molar-refractivity contribution in [1.29, 1.82) is 0 Å². The van der Waals surface area contributed by atoms with Gasteiger partial charge in [0.2, 0.25) is 5.91 Å². The first-order valence-electron chi connectivity index (χ1n) is 6.18. The third-order valence-corrected chi connectivity index (χ3v) is 2.82. The van der Waals surface area contributed by atoms with Crippen LogP contribution in [0.25, 0.3) is 0 Å². The second kappa shape index (κ2) is 6.97. The highest BCUT2D eigenvalue weighted by Gasteiger charge is 2.21. The molecule has 0 aliphatic heterocycles. The van der Waals surface area contributed by atoms with Gasteiger partial charge >= 0.3 is 0 Å². The number of nitro groups is 1. The van der Waals surface area contributed by atoms with Crippen LogP contribution in [0.5, 0.6) is 0 Å². The molecule has 20 heavy (non-hydrogen) atoms.